The van der Waals surface area contributed by atoms with Gasteiger partial charge < -0.3 is 18.8 Å². The van der Waals surface area contributed by atoms with Crippen LogP contribution in [0.3, 0.4) is 0 Å². The van der Waals surface area contributed by atoms with E-state index in [1.54, 1.807) is 31.2 Å². The van der Waals surface area contributed by atoms with E-state index in [0.717, 1.165) is 28.2 Å². The van der Waals surface area contributed by atoms with Crippen LogP contribution in [0.5, 0.6) is 11.5 Å². The van der Waals surface area contributed by atoms with Crippen LogP contribution < -0.4 is 14.9 Å². The minimum Gasteiger partial charge on any atom is -0.493 e. The van der Waals surface area contributed by atoms with Gasteiger partial charge in [0.05, 0.1) is 25.6 Å². The molecule has 8 nitrogen and oxygen atoms in total. The molecule has 41 heavy (non-hydrogen) atoms. The number of amides is 1. The molecule has 3 aromatic carbocycles. The van der Waals surface area contributed by atoms with E-state index < -0.39 is 5.97 Å². The van der Waals surface area contributed by atoms with Crippen molar-refractivity contribution in [3.63, 3.8) is 0 Å². The van der Waals surface area contributed by atoms with Crippen LogP contribution in [-0.2, 0) is 16.0 Å². The number of nitrogens with one attached hydrogen (secondary N) is 1. The summed E-state index contributed by atoms with van der Waals surface area (Å²) >= 11 is 0. The van der Waals surface area contributed by atoms with Gasteiger partial charge in [-0.3, -0.25) is 4.79 Å². The lowest BCUT2D eigenvalue weighted by molar-refractivity contribution is -0.145. The molecule has 0 saturated heterocycles. The maximum absolute atomic E-state index is 12.8. The molecule has 0 aliphatic heterocycles. The van der Waals surface area contributed by atoms with Gasteiger partial charge in [0.1, 0.15) is 0 Å². The van der Waals surface area contributed by atoms with Crippen molar-refractivity contribution in [2.75, 3.05) is 20.3 Å². The van der Waals surface area contributed by atoms with Gasteiger partial charge in [-0.15, -0.1) is 6.58 Å². The molecule has 1 heterocycles. The van der Waals surface area contributed by atoms with Crippen LogP contribution in [0.2, 0.25) is 0 Å². The Balaban J connectivity index is 1.47. The summed E-state index contributed by atoms with van der Waals surface area (Å²) in [6.07, 6.45) is 3.71. The number of esters is 1. The number of ether oxygens (including phenoxy) is 3. The lowest BCUT2D eigenvalue weighted by Gasteiger charge is -2.15. The highest BCUT2D eigenvalue weighted by atomic mass is 16.6. The van der Waals surface area contributed by atoms with Crippen molar-refractivity contribution in [3.8, 4) is 28.4 Å². The van der Waals surface area contributed by atoms with Gasteiger partial charge in [-0.1, -0.05) is 36.4 Å². The predicted octanol–water partition coefficient (Wildman–Crippen LogP) is 5.90. The number of rotatable bonds is 12. The van der Waals surface area contributed by atoms with Crippen LogP contribution >= 0.6 is 0 Å². The van der Waals surface area contributed by atoms with Gasteiger partial charge in [-0.25, -0.2) is 10.2 Å². The van der Waals surface area contributed by atoms with Crippen LogP contribution in [-0.4, -0.2) is 43.0 Å². The zero-order chi connectivity index (χ0) is 29.2. The van der Waals surface area contributed by atoms with Crippen LogP contribution in [0.4, 0.5) is 0 Å². The normalized spacial score (nSPS) is 10.8. The average Bonchev–Trinajstić information content (AvgIpc) is 3.38. The molecule has 0 aliphatic carbocycles. The largest absolute Gasteiger partial charge is 0.493 e. The zero-order valence-corrected chi connectivity index (χ0v) is 23.4. The number of hydrogen-bond acceptors (Lipinski definition) is 6. The van der Waals surface area contributed by atoms with Crippen LogP contribution in [0.1, 0.15) is 34.1 Å². The SMILES string of the molecule is C=CCc1cc(/C=N/NC(=O)c2ccc(-n3c(C)ccc3-c3ccccc3)cc2)cc(OC)c1OCC(=O)OCC. The standard InChI is InChI=1S/C33H33N3O5/c1-5-10-27-19-24(20-30(39-4)32(27)41-22-31(37)40-6-2)21-34-35-33(38)26-14-16-28(17-15-26)36-23(3)13-18-29(36)25-11-8-7-9-12-25/h5,7-9,11-21H,1,6,10,22H2,2-4H3,(H,35,38)/b34-21+. The quantitative estimate of drug-likeness (QED) is 0.103. The predicted molar refractivity (Wildman–Crippen MR) is 160 cm³/mol. The van der Waals surface area contributed by atoms with Gasteiger partial charge >= 0.3 is 5.97 Å². The van der Waals surface area contributed by atoms with Crippen molar-refractivity contribution >= 4 is 18.1 Å². The summed E-state index contributed by atoms with van der Waals surface area (Å²) in [6, 6.07) is 25.3. The fraction of sp³-hybridized carbons (Fsp3) is 0.182. The number of methoxy groups -OCH3 is 1. The molecule has 8 heteroatoms. The van der Waals surface area contributed by atoms with Crippen LogP contribution in [0.15, 0.2) is 96.6 Å². The highest BCUT2D eigenvalue weighted by Gasteiger charge is 2.15. The van der Waals surface area contributed by atoms with E-state index in [0.29, 0.717) is 29.0 Å². The van der Waals surface area contributed by atoms with E-state index in [2.05, 4.69) is 52.9 Å². The van der Waals surface area contributed by atoms with Crippen LogP contribution in [0.25, 0.3) is 16.9 Å². The van der Waals surface area contributed by atoms with E-state index >= 15 is 0 Å². The summed E-state index contributed by atoms with van der Waals surface area (Å²) in [4.78, 5) is 24.6. The first-order valence-corrected chi connectivity index (χ1v) is 13.2. The summed E-state index contributed by atoms with van der Waals surface area (Å²) in [7, 11) is 1.51. The fourth-order valence-electron chi connectivity index (χ4n) is 4.42. The van der Waals surface area contributed by atoms with E-state index in [4.69, 9.17) is 14.2 Å². The Labute approximate surface area is 239 Å². The molecule has 0 spiro atoms. The first-order chi connectivity index (χ1) is 19.9. The molecule has 210 valence electrons. The van der Waals surface area contributed by atoms with Crippen molar-refractivity contribution < 1.29 is 23.8 Å². The molecule has 1 N–H and O–H groups in total. The van der Waals surface area contributed by atoms with Gasteiger partial charge in [0, 0.05) is 22.5 Å². The van der Waals surface area contributed by atoms with Gasteiger partial charge in [0.25, 0.3) is 5.91 Å². The molecule has 0 saturated carbocycles. The second-order valence-corrected chi connectivity index (χ2v) is 9.11. The Hall–Kier alpha value is -5.11. The first kappa shape index (κ1) is 28.9. The molecule has 0 aliphatic rings. The topological polar surface area (TPSA) is 91.2 Å². The van der Waals surface area contributed by atoms with Crippen LogP contribution in [0, 0.1) is 6.92 Å². The van der Waals surface area contributed by atoms with Crippen molar-refractivity contribution in [3.05, 3.63) is 114 Å². The number of hydrazone groups is 1. The van der Waals surface area contributed by atoms with Crippen molar-refractivity contribution in [1.29, 1.82) is 0 Å². The molecule has 0 atom stereocenters. The second-order valence-electron chi connectivity index (χ2n) is 9.11. The summed E-state index contributed by atoms with van der Waals surface area (Å²) in [6.45, 7) is 7.60. The monoisotopic (exact) mass is 551 g/mol. The number of aryl methyl sites for hydroxylation is 1. The number of carbonyl (C=O) groups is 2. The van der Waals surface area contributed by atoms with E-state index in [1.165, 1.54) is 13.3 Å². The summed E-state index contributed by atoms with van der Waals surface area (Å²) in [5, 5.41) is 4.14. The highest BCUT2D eigenvalue weighted by molar-refractivity contribution is 5.95. The molecule has 0 unspecified atom stereocenters. The number of aromatic nitrogens is 1. The van der Waals surface area contributed by atoms with Gasteiger partial charge in [0.15, 0.2) is 18.1 Å². The van der Waals surface area contributed by atoms with Gasteiger partial charge in [-0.2, -0.15) is 5.10 Å². The first-order valence-electron chi connectivity index (χ1n) is 13.2. The maximum atomic E-state index is 12.8. The molecule has 4 rings (SSSR count). The number of benzene rings is 3. The van der Waals surface area contributed by atoms with Crippen molar-refractivity contribution in [1.82, 2.24) is 9.99 Å². The third-order valence-electron chi connectivity index (χ3n) is 6.29. The molecule has 1 amide bonds. The lowest BCUT2D eigenvalue weighted by Crippen LogP contribution is -2.17. The van der Waals surface area contributed by atoms with E-state index in [1.807, 2.05) is 36.4 Å². The minimum absolute atomic E-state index is 0.242. The third-order valence-corrected chi connectivity index (χ3v) is 6.29. The highest BCUT2D eigenvalue weighted by Crippen LogP contribution is 2.33. The summed E-state index contributed by atoms with van der Waals surface area (Å²) < 4.78 is 18.3. The number of nitrogens with zero attached hydrogens (tertiary/aromatic N) is 2. The van der Waals surface area contributed by atoms with E-state index in [-0.39, 0.29) is 19.1 Å². The molecule has 0 fully saturated rings. The number of carbonyl (C=O) groups excluding carboxylic acids is 2. The average molecular weight is 552 g/mol. The molecule has 4 aromatic rings. The number of hydrogen-bond donors (Lipinski definition) is 1. The Kier molecular flexibility index (Phi) is 9.72. The molecular formula is C33H33N3O5. The summed E-state index contributed by atoms with van der Waals surface area (Å²) in [5.41, 5.74) is 8.72. The zero-order valence-electron chi connectivity index (χ0n) is 23.4. The van der Waals surface area contributed by atoms with E-state index in [9.17, 15) is 9.59 Å². The smallest absolute Gasteiger partial charge is 0.344 e. The Bertz CT molecular complexity index is 1540. The second kappa shape index (κ2) is 13.8. The third kappa shape index (κ3) is 7.10. The van der Waals surface area contributed by atoms with Crippen molar-refractivity contribution in [2.24, 2.45) is 5.10 Å². The fourth-order valence-corrected chi connectivity index (χ4v) is 4.42. The van der Waals surface area contributed by atoms with Crippen molar-refractivity contribution in [2.45, 2.75) is 20.3 Å². The molecule has 1 aromatic heterocycles. The Morgan fingerprint density at radius 1 is 1.02 bits per heavy atom. The molecule has 0 radical (unpaired) electrons. The van der Waals surface area contributed by atoms with Gasteiger partial charge in [-0.05, 0) is 79.9 Å². The maximum Gasteiger partial charge on any atom is 0.344 e. The number of allylic oxidation sites excluding steroid dienone is 1. The molecule has 0 bridgehead atoms. The molecular weight excluding hydrogens is 518 g/mol. The minimum atomic E-state index is -0.472. The Morgan fingerprint density at radius 3 is 2.46 bits per heavy atom. The lowest BCUT2D eigenvalue weighted by atomic mass is 10.1. The Morgan fingerprint density at radius 2 is 1.78 bits per heavy atom. The van der Waals surface area contributed by atoms with Gasteiger partial charge in [0.2, 0.25) is 0 Å². The summed E-state index contributed by atoms with van der Waals surface area (Å²) in [5.74, 6) is 0.0378.